The van der Waals surface area contributed by atoms with Crippen molar-refractivity contribution in [2.24, 2.45) is 5.73 Å². The molecule has 1 unspecified atom stereocenters. The van der Waals surface area contributed by atoms with Crippen LogP contribution >= 0.6 is 0 Å². The molecule has 1 aliphatic carbocycles. The largest absolute Gasteiger partial charge is 0.366 e. The summed E-state index contributed by atoms with van der Waals surface area (Å²) in [6.45, 7) is 3.90. The maximum Gasteiger partial charge on any atom is 0.248 e. The second kappa shape index (κ2) is 5.26. The zero-order chi connectivity index (χ0) is 15.7. The fraction of sp³-hybridized carbons (Fsp3) is 0.235. The lowest BCUT2D eigenvalue weighted by molar-refractivity contribution is -0.114. The standard InChI is InChI=1S/C17H17N3O2/c1-11-19-16(20-22-11)13-3-5-14(6-4-13)17(2)9-7-12(8-10-17)15(18)21/h3-9H,10H2,1-2H3,(H2,18,21). The molecule has 2 N–H and O–H groups in total. The predicted molar refractivity (Wildman–Crippen MR) is 82.9 cm³/mol. The first-order chi connectivity index (χ1) is 10.5. The second-order valence-corrected chi connectivity index (χ2v) is 5.69. The Hall–Kier alpha value is -2.69. The van der Waals surface area contributed by atoms with Crippen LogP contribution < -0.4 is 5.73 Å². The minimum Gasteiger partial charge on any atom is -0.366 e. The van der Waals surface area contributed by atoms with Gasteiger partial charge in [-0.25, -0.2) is 0 Å². The normalized spacial score (nSPS) is 20.7. The number of carbonyl (C=O) groups is 1. The lowest BCUT2D eigenvalue weighted by atomic mass is 9.76. The van der Waals surface area contributed by atoms with Gasteiger partial charge < -0.3 is 10.3 Å². The third-order valence-corrected chi connectivity index (χ3v) is 3.99. The highest BCUT2D eigenvalue weighted by Gasteiger charge is 2.26. The number of benzene rings is 1. The van der Waals surface area contributed by atoms with Crippen LogP contribution in [0, 0.1) is 6.92 Å². The molecule has 0 radical (unpaired) electrons. The minimum absolute atomic E-state index is 0.148. The second-order valence-electron chi connectivity index (χ2n) is 5.69. The SMILES string of the molecule is Cc1nc(-c2ccc(C3(C)C=CC(C(N)=O)=CC3)cc2)no1. The molecule has 0 aliphatic heterocycles. The Morgan fingerprint density at radius 2 is 2.05 bits per heavy atom. The maximum atomic E-state index is 11.2. The van der Waals surface area contributed by atoms with Crippen molar-refractivity contribution >= 4 is 5.91 Å². The summed E-state index contributed by atoms with van der Waals surface area (Å²) in [6.07, 6.45) is 6.45. The number of rotatable bonds is 3. The van der Waals surface area contributed by atoms with Crippen LogP contribution in [0.15, 0.2) is 52.6 Å². The van der Waals surface area contributed by atoms with Gasteiger partial charge in [0.1, 0.15) is 0 Å². The minimum atomic E-state index is -0.388. The van der Waals surface area contributed by atoms with E-state index in [1.165, 1.54) is 0 Å². The number of allylic oxidation sites excluding steroid dienone is 2. The van der Waals surface area contributed by atoms with Gasteiger partial charge in [-0.15, -0.1) is 0 Å². The molecule has 5 heteroatoms. The number of amides is 1. The average molecular weight is 295 g/mol. The van der Waals surface area contributed by atoms with E-state index >= 15 is 0 Å². The van der Waals surface area contributed by atoms with Gasteiger partial charge in [0.15, 0.2) is 0 Å². The third-order valence-electron chi connectivity index (χ3n) is 3.99. The quantitative estimate of drug-likeness (QED) is 0.943. The lowest BCUT2D eigenvalue weighted by Gasteiger charge is -2.28. The van der Waals surface area contributed by atoms with Crippen molar-refractivity contribution in [2.75, 3.05) is 0 Å². The third kappa shape index (κ3) is 2.57. The van der Waals surface area contributed by atoms with Crippen LogP contribution in [0.1, 0.15) is 24.8 Å². The molecule has 0 spiro atoms. The summed E-state index contributed by atoms with van der Waals surface area (Å²) in [5, 5.41) is 3.91. The van der Waals surface area contributed by atoms with Crippen molar-refractivity contribution in [3.8, 4) is 11.4 Å². The van der Waals surface area contributed by atoms with Crippen LogP contribution in [-0.2, 0) is 10.2 Å². The summed E-state index contributed by atoms with van der Waals surface area (Å²) in [7, 11) is 0. The van der Waals surface area contributed by atoms with Gasteiger partial charge in [0, 0.05) is 23.5 Å². The summed E-state index contributed by atoms with van der Waals surface area (Å²) in [5.41, 5.74) is 7.79. The monoisotopic (exact) mass is 295 g/mol. The Morgan fingerprint density at radius 3 is 2.55 bits per heavy atom. The Balaban J connectivity index is 1.85. The molecular formula is C17H17N3O2. The fourth-order valence-electron chi connectivity index (χ4n) is 2.55. The molecule has 1 aromatic carbocycles. The summed E-state index contributed by atoms with van der Waals surface area (Å²) in [4.78, 5) is 15.4. The van der Waals surface area contributed by atoms with Gasteiger partial charge in [0.25, 0.3) is 0 Å². The molecule has 1 aromatic heterocycles. The van der Waals surface area contributed by atoms with E-state index in [9.17, 15) is 4.79 Å². The van der Waals surface area contributed by atoms with E-state index in [0.717, 1.165) is 17.5 Å². The number of nitrogens with two attached hydrogens (primary N) is 1. The highest BCUT2D eigenvalue weighted by molar-refractivity contribution is 5.95. The fourth-order valence-corrected chi connectivity index (χ4v) is 2.55. The molecule has 1 aliphatic rings. The number of primary amides is 1. The van der Waals surface area contributed by atoms with Crippen molar-refractivity contribution in [1.29, 1.82) is 0 Å². The van der Waals surface area contributed by atoms with Gasteiger partial charge in [-0.2, -0.15) is 4.98 Å². The first-order valence-electron chi connectivity index (χ1n) is 7.08. The van der Waals surface area contributed by atoms with E-state index in [1.54, 1.807) is 13.0 Å². The number of aryl methyl sites for hydroxylation is 1. The Morgan fingerprint density at radius 1 is 1.32 bits per heavy atom. The molecule has 3 rings (SSSR count). The van der Waals surface area contributed by atoms with Gasteiger partial charge in [-0.1, -0.05) is 54.6 Å². The molecule has 0 saturated heterocycles. The van der Waals surface area contributed by atoms with E-state index in [4.69, 9.17) is 10.3 Å². The van der Waals surface area contributed by atoms with E-state index in [1.807, 2.05) is 24.3 Å². The first-order valence-corrected chi connectivity index (χ1v) is 7.08. The topological polar surface area (TPSA) is 82.0 Å². The molecule has 5 nitrogen and oxygen atoms in total. The molecular weight excluding hydrogens is 278 g/mol. The molecule has 2 aromatic rings. The van der Waals surface area contributed by atoms with E-state index in [0.29, 0.717) is 17.3 Å². The van der Waals surface area contributed by atoms with Crippen LogP contribution in [0.5, 0.6) is 0 Å². The molecule has 1 atom stereocenters. The smallest absolute Gasteiger partial charge is 0.248 e. The first kappa shape index (κ1) is 14.3. The molecule has 1 heterocycles. The van der Waals surface area contributed by atoms with Crippen molar-refractivity contribution in [1.82, 2.24) is 10.1 Å². The van der Waals surface area contributed by atoms with Crippen LogP contribution in [0.2, 0.25) is 0 Å². The summed E-state index contributed by atoms with van der Waals surface area (Å²) < 4.78 is 5.00. The summed E-state index contributed by atoms with van der Waals surface area (Å²) in [5.74, 6) is 0.746. The highest BCUT2D eigenvalue weighted by atomic mass is 16.5. The Kier molecular flexibility index (Phi) is 3.41. The Labute approximate surface area is 128 Å². The van der Waals surface area contributed by atoms with Crippen molar-refractivity contribution < 1.29 is 9.32 Å². The zero-order valence-electron chi connectivity index (χ0n) is 12.5. The number of hydrogen-bond acceptors (Lipinski definition) is 4. The summed E-state index contributed by atoms with van der Waals surface area (Å²) >= 11 is 0. The Bertz CT molecular complexity index is 771. The molecule has 0 saturated carbocycles. The number of aromatic nitrogens is 2. The van der Waals surface area contributed by atoms with Crippen molar-refractivity contribution in [2.45, 2.75) is 25.7 Å². The van der Waals surface area contributed by atoms with Crippen LogP contribution in [0.4, 0.5) is 0 Å². The van der Waals surface area contributed by atoms with Crippen LogP contribution in [-0.4, -0.2) is 16.0 Å². The van der Waals surface area contributed by atoms with Crippen molar-refractivity contribution in [3.05, 3.63) is 59.5 Å². The maximum absolute atomic E-state index is 11.2. The van der Waals surface area contributed by atoms with E-state index < -0.39 is 0 Å². The molecule has 1 amide bonds. The van der Waals surface area contributed by atoms with Gasteiger partial charge in [-0.3, -0.25) is 4.79 Å². The number of nitrogens with zero attached hydrogens (tertiary/aromatic N) is 2. The van der Waals surface area contributed by atoms with Crippen molar-refractivity contribution in [3.63, 3.8) is 0 Å². The van der Waals surface area contributed by atoms with E-state index in [-0.39, 0.29) is 11.3 Å². The lowest BCUT2D eigenvalue weighted by Crippen LogP contribution is -2.23. The predicted octanol–water partition coefficient (Wildman–Crippen LogP) is 2.67. The zero-order valence-corrected chi connectivity index (χ0v) is 12.5. The van der Waals surface area contributed by atoms with Gasteiger partial charge >= 0.3 is 0 Å². The van der Waals surface area contributed by atoms with Crippen LogP contribution in [0.3, 0.4) is 0 Å². The number of carbonyl (C=O) groups excluding carboxylic acids is 1. The van der Waals surface area contributed by atoms with Gasteiger partial charge in [0.2, 0.25) is 17.6 Å². The molecule has 0 bridgehead atoms. The van der Waals surface area contributed by atoms with Gasteiger partial charge in [0.05, 0.1) is 0 Å². The highest BCUT2D eigenvalue weighted by Crippen LogP contribution is 2.34. The average Bonchev–Trinajstić information content (AvgIpc) is 2.94. The van der Waals surface area contributed by atoms with E-state index in [2.05, 4.69) is 29.2 Å². The molecule has 22 heavy (non-hydrogen) atoms. The van der Waals surface area contributed by atoms with Crippen LogP contribution in [0.25, 0.3) is 11.4 Å². The molecule has 0 fully saturated rings. The number of hydrogen-bond donors (Lipinski definition) is 1. The molecule has 112 valence electrons. The summed E-state index contributed by atoms with van der Waals surface area (Å²) in [6, 6.07) is 8.06. The van der Waals surface area contributed by atoms with Gasteiger partial charge in [-0.05, 0) is 12.0 Å².